The molecule has 92 valence electrons. The van der Waals surface area contributed by atoms with E-state index in [1.165, 1.54) is 11.1 Å². The summed E-state index contributed by atoms with van der Waals surface area (Å²) in [4.78, 5) is 13.8. The molecule has 0 unspecified atom stereocenters. The Morgan fingerprint density at radius 2 is 2.00 bits per heavy atom. The van der Waals surface area contributed by atoms with Crippen LogP contribution >= 0.6 is 0 Å². The van der Waals surface area contributed by atoms with Crippen LogP contribution in [0.4, 0.5) is 10.5 Å². The SMILES string of the molecule is Cc1ccc(NC(=O)NC2CN(C)C2)cc1C. The summed E-state index contributed by atoms with van der Waals surface area (Å²) in [5.74, 6) is 0. The van der Waals surface area contributed by atoms with Gasteiger partial charge in [0, 0.05) is 18.8 Å². The normalized spacial score (nSPS) is 16.4. The average molecular weight is 233 g/mol. The lowest BCUT2D eigenvalue weighted by Gasteiger charge is -2.36. The van der Waals surface area contributed by atoms with Gasteiger partial charge in [0.05, 0.1) is 6.04 Å². The molecule has 1 aliphatic rings. The van der Waals surface area contributed by atoms with Crippen molar-refractivity contribution >= 4 is 11.7 Å². The molecule has 0 atom stereocenters. The number of rotatable bonds is 2. The predicted octanol–water partition coefficient (Wildman–Crippen LogP) is 1.74. The number of nitrogens with one attached hydrogen (secondary N) is 2. The van der Waals surface area contributed by atoms with E-state index in [-0.39, 0.29) is 12.1 Å². The van der Waals surface area contributed by atoms with Gasteiger partial charge in [-0.2, -0.15) is 0 Å². The summed E-state index contributed by atoms with van der Waals surface area (Å²) in [7, 11) is 2.04. The molecule has 4 heteroatoms. The Balaban J connectivity index is 1.87. The van der Waals surface area contributed by atoms with Gasteiger partial charge >= 0.3 is 6.03 Å². The summed E-state index contributed by atoms with van der Waals surface area (Å²) in [6.07, 6.45) is 0. The van der Waals surface area contributed by atoms with Crippen LogP contribution in [0, 0.1) is 13.8 Å². The van der Waals surface area contributed by atoms with Crippen LogP contribution in [0.2, 0.25) is 0 Å². The van der Waals surface area contributed by atoms with Crippen molar-refractivity contribution in [1.82, 2.24) is 10.2 Å². The Labute approximate surface area is 102 Å². The summed E-state index contributed by atoms with van der Waals surface area (Å²) in [5, 5.41) is 5.79. The van der Waals surface area contributed by atoms with Gasteiger partial charge in [0.25, 0.3) is 0 Å². The molecule has 0 spiro atoms. The average Bonchev–Trinajstić information content (AvgIpc) is 2.21. The maximum Gasteiger partial charge on any atom is 0.319 e. The Kier molecular flexibility index (Phi) is 3.33. The smallest absolute Gasteiger partial charge is 0.319 e. The molecule has 17 heavy (non-hydrogen) atoms. The lowest BCUT2D eigenvalue weighted by Crippen LogP contribution is -2.58. The molecule has 1 aromatic carbocycles. The van der Waals surface area contributed by atoms with Gasteiger partial charge < -0.3 is 15.5 Å². The molecule has 1 fully saturated rings. The molecule has 0 radical (unpaired) electrons. The molecule has 0 aliphatic carbocycles. The van der Waals surface area contributed by atoms with Crippen LogP contribution in [0.15, 0.2) is 18.2 Å². The second kappa shape index (κ2) is 4.75. The third-order valence-electron chi connectivity index (χ3n) is 3.16. The van der Waals surface area contributed by atoms with Crippen LogP contribution in [-0.4, -0.2) is 37.1 Å². The number of amides is 2. The minimum atomic E-state index is -0.119. The van der Waals surface area contributed by atoms with Crippen molar-refractivity contribution in [3.8, 4) is 0 Å². The molecule has 1 aromatic rings. The number of benzene rings is 1. The van der Waals surface area contributed by atoms with Gasteiger partial charge in [-0.15, -0.1) is 0 Å². The highest BCUT2D eigenvalue weighted by Crippen LogP contribution is 2.14. The summed E-state index contributed by atoms with van der Waals surface area (Å²) < 4.78 is 0. The highest BCUT2D eigenvalue weighted by atomic mass is 16.2. The largest absolute Gasteiger partial charge is 0.333 e. The number of hydrogen-bond donors (Lipinski definition) is 2. The minimum absolute atomic E-state index is 0.119. The van der Waals surface area contributed by atoms with E-state index in [1.807, 2.05) is 32.2 Å². The van der Waals surface area contributed by atoms with Gasteiger partial charge in [-0.1, -0.05) is 6.07 Å². The fourth-order valence-electron chi connectivity index (χ4n) is 1.96. The number of likely N-dealkylation sites (tertiary alicyclic amines) is 1. The zero-order valence-corrected chi connectivity index (χ0v) is 10.6. The molecule has 0 saturated carbocycles. The summed E-state index contributed by atoms with van der Waals surface area (Å²) in [6.45, 7) is 5.96. The van der Waals surface area contributed by atoms with Crippen molar-refractivity contribution in [2.24, 2.45) is 0 Å². The monoisotopic (exact) mass is 233 g/mol. The van der Waals surface area contributed by atoms with Crippen LogP contribution in [0.25, 0.3) is 0 Å². The first-order valence-electron chi connectivity index (χ1n) is 5.88. The molecule has 0 aromatic heterocycles. The van der Waals surface area contributed by atoms with Crippen molar-refractivity contribution in [2.45, 2.75) is 19.9 Å². The standard InChI is InChI=1S/C13H19N3O/c1-9-4-5-11(6-10(9)2)14-13(17)15-12-7-16(3)8-12/h4-6,12H,7-8H2,1-3H3,(H2,14,15,17). The van der Waals surface area contributed by atoms with Gasteiger partial charge in [0.1, 0.15) is 0 Å². The third kappa shape index (κ3) is 2.97. The summed E-state index contributed by atoms with van der Waals surface area (Å²) >= 11 is 0. The van der Waals surface area contributed by atoms with Gasteiger partial charge in [-0.05, 0) is 44.2 Å². The second-order valence-corrected chi connectivity index (χ2v) is 4.82. The van der Waals surface area contributed by atoms with E-state index < -0.39 is 0 Å². The molecule has 1 saturated heterocycles. The van der Waals surface area contributed by atoms with Crippen LogP contribution in [0.5, 0.6) is 0 Å². The minimum Gasteiger partial charge on any atom is -0.333 e. The maximum absolute atomic E-state index is 11.7. The molecule has 0 bridgehead atoms. The van der Waals surface area contributed by atoms with E-state index in [9.17, 15) is 4.79 Å². The topological polar surface area (TPSA) is 44.4 Å². The van der Waals surface area contributed by atoms with Crippen LogP contribution in [-0.2, 0) is 0 Å². The van der Waals surface area contributed by atoms with Gasteiger partial charge in [0.15, 0.2) is 0 Å². The number of anilines is 1. The molecule has 2 rings (SSSR count). The Bertz CT molecular complexity index is 425. The highest BCUT2D eigenvalue weighted by molar-refractivity contribution is 5.89. The van der Waals surface area contributed by atoms with Gasteiger partial charge in [-0.25, -0.2) is 4.79 Å². The van der Waals surface area contributed by atoms with Crippen LogP contribution in [0.1, 0.15) is 11.1 Å². The van der Waals surface area contributed by atoms with Crippen molar-refractivity contribution < 1.29 is 4.79 Å². The van der Waals surface area contributed by atoms with E-state index in [1.54, 1.807) is 0 Å². The summed E-state index contributed by atoms with van der Waals surface area (Å²) in [6, 6.07) is 6.09. The molecule has 2 amide bonds. The van der Waals surface area contributed by atoms with Crippen molar-refractivity contribution in [3.05, 3.63) is 29.3 Å². The number of nitrogens with zero attached hydrogens (tertiary/aromatic N) is 1. The third-order valence-corrected chi connectivity index (χ3v) is 3.16. The fourth-order valence-corrected chi connectivity index (χ4v) is 1.96. The van der Waals surface area contributed by atoms with Crippen LogP contribution < -0.4 is 10.6 Å². The highest BCUT2D eigenvalue weighted by Gasteiger charge is 2.24. The maximum atomic E-state index is 11.7. The van der Waals surface area contributed by atoms with E-state index in [0.717, 1.165) is 18.8 Å². The first-order chi connectivity index (χ1) is 8.04. The molecule has 1 aliphatic heterocycles. The van der Waals surface area contributed by atoms with Gasteiger partial charge in [-0.3, -0.25) is 0 Å². The number of hydrogen-bond acceptors (Lipinski definition) is 2. The lowest BCUT2D eigenvalue weighted by atomic mass is 10.1. The van der Waals surface area contributed by atoms with E-state index in [4.69, 9.17) is 0 Å². The van der Waals surface area contributed by atoms with E-state index >= 15 is 0 Å². The fraction of sp³-hybridized carbons (Fsp3) is 0.462. The van der Waals surface area contributed by atoms with Crippen molar-refractivity contribution in [2.75, 3.05) is 25.5 Å². The van der Waals surface area contributed by atoms with Crippen LogP contribution in [0.3, 0.4) is 0 Å². The predicted molar refractivity (Wildman–Crippen MR) is 69.4 cm³/mol. The van der Waals surface area contributed by atoms with Crippen molar-refractivity contribution in [1.29, 1.82) is 0 Å². The number of carbonyl (C=O) groups is 1. The second-order valence-electron chi connectivity index (χ2n) is 4.82. The molecule has 4 nitrogen and oxygen atoms in total. The molecular formula is C13H19N3O. The molecular weight excluding hydrogens is 214 g/mol. The zero-order valence-electron chi connectivity index (χ0n) is 10.6. The Hall–Kier alpha value is -1.55. The summed E-state index contributed by atoms with van der Waals surface area (Å²) in [5.41, 5.74) is 3.26. The quantitative estimate of drug-likeness (QED) is 0.817. The Morgan fingerprint density at radius 3 is 2.59 bits per heavy atom. The Morgan fingerprint density at radius 1 is 1.29 bits per heavy atom. The number of carbonyl (C=O) groups excluding carboxylic acids is 1. The number of urea groups is 1. The van der Waals surface area contributed by atoms with E-state index in [0.29, 0.717) is 0 Å². The molecule has 2 N–H and O–H groups in total. The number of aryl methyl sites for hydroxylation is 2. The molecule has 1 heterocycles. The number of likely N-dealkylation sites (N-methyl/N-ethyl adjacent to an activating group) is 1. The lowest BCUT2D eigenvalue weighted by molar-refractivity contribution is 0.165. The first-order valence-corrected chi connectivity index (χ1v) is 5.88. The zero-order chi connectivity index (χ0) is 12.4. The first kappa shape index (κ1) is 11.9. The van der Waals surface area contributed by atoms with Gasteiger partial charge in [0.2, 0.25) is 0 Å². The van der Waals surface area contributed by atoms with E-state index in [2.05, 4.69) is 22.5 Å². The van der Waals surface area contributed by atoms with Crippen molar-refractivity contribution in [3.63, 3.8) is 0 Å².